The molecule has 0 unspecified atom stereocenters. The Morgan fingerprint density at radius 3 is 3.00 bits per heavy atom. The predicted octanol–water partition coefficient (Wildman–Crippen LogP) is 3.36. The van der Waals surface area contributed by atoms with Crippen LogP contribution in [0.3, 0.4) is 0 Å². The molecule has 1 aromatic heterocycles. The van der Waals surface area contributed by atoms with Gasteiger partial charge in [0.2, 0.25) is 0 Å². The van der Waals surface area contributed by atoms with Crippen LogP contribution in [0.15, 0.2) is 10.5 Å². The summed E-state index contributed by atoms with van der Waals surface area (Å²) < 4.78 is 6.26. The standard InChI is InChI=1S/C10H16BrNOS2/c1-13-10-9(11)6-8(15-10)7-12-4-3-5-14-2/h6,12H,3-5,7H2,1-2H3. The Labute approximate surface area is 108 Å². The number of halogens is 1. The Hall–Kier alpha value is 0.290. The quantitative estimate of drug-likeness (QED) is 0.780. The second kappa shape index (κ2) is 7.54. The minimum absolute atomic E-state index is 0.932. The lowest BCUT2D eigenvalue weighted by atomic mass is 10.4. The van der Waals surface area contributed by atoms with Crippen molar-refractivity contribution in [2.75, 3.05) is 25.7 Å². The largest absolute Gasteiger partial charge is 0.486 e. The number of methoxy groups -OCH3 is 1. The zero-order valence-electron chi connectivity index (χ0n) is 9.01. The topological polar surface area (TPSA) is 21.3 Å². The molecule has 0 aliphatic heterocycles. The minimum Gasteiger partial charge on any atom is -0.486 e. The average Bonchev–Trinajstić information content (AvgIpc) is 2.59. The zero-order chi connectivity index (χ0) is 11.1. The van der Waals surface area contributed by atoms with Crippen molar-refractivity contribution in [3.8, 4) is 5.06 Å². The van der Waals surface area contributed by atoms with Crippen LogP contribution in [-0.2, 0) is 6.54 Å². The van der Waals surface area contributed by atoms with Crippen LogP contribution in [0.1, 0.15) is 11.3 Å². The van der Waals surface area contributed by atoms with E-state index >= 15 is 0 Å². The van der Waals surface area contributed by atoms with Crippen LogP contribution in [0.5, 0.6) is 5.06 Å². The Morgan fingerprint density at radius 2 is 2.40 bits per heavy atom. The van der Waals surface area contributed by atoms with Gasteiger partial charge >= 0.3 is 0 Å². The van der Waals surface area contributed by atoms with Gasteiger partial charge in [-0.2, -0.15) is 11.8 Å². The van der Waals surface area contributed by atoms with E-state index in [1.807, 2.05) is 11.8 Å². The summed E-state index contributed by atoms with van der Waals surface area (Å²) in [5.41, 5.74) is 0. The summed E-state index contributed by atoms with van der Waals surface area (Å²) in [5.74, 6) is 1.23. The van der Waals surface area contributed by atoms with Gasteiger partial charge in [-0.1, -0.05) is 0 Å². The van der Waals surface area contributed by atoms with Crippen molar-refractivity contribution in [1.29, 1.82) is 0 Å². The summed E-state index contributed by atoms with van der Waals surface area (Å²) in [6, 6.07) is 2.12. The van der Waals surface area contributed by atoms with Gasteiger partial charge in [0.1, 0.15) is 0 Å². The van der Waals surface area contributed by atoms with E-state index in [1.54, 1.807) is 18.4 Å². The Balaban J connectivity index is 2.25. The maximum Gasteiger partial charge on any atom is 0.188 e. The van der Waals surface area contributed by atoms with Gasteiger partial charge in [0.15, 0.2) is 5.06 Å². The van der Waals surface area contributed by atoms with Gasteiger partial charge in [-0.25, -0.2) is 0 Å². The first-order valence-electron chi connectivity index (χ1n) is 4.79. The number of hydrogen-bond acceptors (Lipinski definition) is 4. The van der Waals surface area contributed by atoms with Gasteiger partial charge < -0.3 is 10.1 Å². The molecule has 0 atom stereocenters. The van der Waals surface area contributed by atoms with Gasteiger partial charge in [-0.3, -0.25) is 0 Å². The first kappa shape index (κ1) is 13.4. The van der Waals surface area contributed by atoms with Gasteiger partial charge in [0.25, 0.3) is 0 Å². The first-order chi connectivity index (χ1) is 7.27. The smallest absolute Gasteiger partial charge is 0.188 e. The molecule has 1 heterocycles. The van der Waals surface area contributed by atoms with Crippen molar-refractivity contribution in [2.45, 2.75) is 13.0 Å². The minimum atomic E-state index is 0.932. The lowest BCUT2D eigenvalue weighted by Crippen LogP contribution is -2.14. The van der Waals surface area contributed by atoms with Crippen LogP contribution < -0.4 is 10.1 Å². The highest BCUT2D eigenvalue weighted by molar-refractivity contribution is 9.10. The van der Waals surface area contributed by atoms with E-state index in [4.69, 9.17) is 4.74 Å². The molecule has 0 bridgehead atoms. The van der Waals surface area contributed by atoms with Crippen LogP contribution in [0.25, 0.3) is 0 Å². The summed E-state index contributed by atoms with van der Waals surface area (Å²) in [4.78, 5) is 1.31. The highest BCUT2D eigenvalue weighted by Crippen LogP contribution is 2.34. The van der Waals surface area contributed by atoms with Crippen molar-refractivity contribution < 1.29 is 4.74 Å². The number of nitrogens with one attached hydrogen (secondary N) is 1. The van der Waals surface area contributed by atoms with E-state index in [0.29, 0.717) is 0 Å². The van der Waals surface area contributed by atoms with Gasteiger partial charge in [-0.15, -0.1) is 11.3 Å². The van der Waals surface area contributed by atoms with Crippen LogP contribution in [0, 0.1) is 0 Å². The molecule has 2 nitrogen and oxygen atoms in total. The fourth-order valence-electron chi connectivity index (χ4n) is 1.18. The van der Waals surface area contributed by atoms with E-state index in [-0.39, 0.29) is 0 Å². The molecule has 0 fully saturated rings. The van der Waals surface area contributed by atoms with E-state index in [9.17, 15) is 0 Å². The second-order valence-electron chi connectivity index (χ2n) is 3.08. The maximum absolute atomic E-state index is 5.21. The molecule has 0 radical (unpaired) electrons. The van der Waals surface area contributed by atoms with Crippen LogP contribution in [0.4, 0.5) is 0 Å². The molecule has 1 N–H and O–H groups in total. The lowest BCUT2D eigenvalue weighted by molar-refractivity contribution is 0.425. The van der Waals surface area contributed by atoms with Crippen molar-refractivity contribution >= 4 is 39.0 Å². The maximum atomic E-state index is 5.21. The molecule has 15 heavy (non-hydrogen) atoms. The Bertz CT molecular complexity index is 291. The molecule has 0 spiro atoms. The van der Waals surface area contributed by atoms with E-state index in [1.165, 1.54) is 17.1 Å². The molecule has 0 saturated carbocycles. The fraction of sp³-hybridized carbons (Fsp3) is 0.600. The summed E-state index contributed by atoms with van der Waals surface area (Å²) >= 11 is 7.05. The monoisotopic (exact) mass is 309 g/mol. The first-order valence-corrected chi connectivity index (χ1v) is 7.80. The van der Waals surface area contributed by atoms with Crippen molar-refractivity contribution in [3.63, 3.8) is 0 Å². The Morgan fingerprint density at radius 1 is 1.60 bits per heavy atom. The third kappa shape index (κ3) is 4.76. The van der Waals surface area contributed by atoms with E-state index in [2.05, 4.69) is 33.6 Å². The second-order valence-corrected chi connectivity index (χ2v) is 6.01. The molecule has 0 amide bonds. The van der Waals surface area contributed by atoms with E-state index < -0.39 is 0 Å². The third-order valence-electron chi connectivity index (χ3n) is 1.89. The normalized spacial score (nSPS) is 10.6. The molecule has 0 aromatic carbocycles. The molecular weight excluding hydrogens is 294 g/mol. The zero-order valence-corrected chi connectivity index (χ0v) is 12.2. The number of thiophene rings is 1. The number of hydrogen-bond donors (Lipinski definition) is 1. The summed E-state index contributed by atoms with van der Waals surface area (Å²) in [5, 5.41) is 4.38. The predicted molar refractivity (Wildman–Crippen MR) is 73.3 cm³/mol. The van der Waals surface area contributed by atoms with Crippen LogP contribution in [-0.4, -0.2) is 25.7 Å². The van der Waals surface area contributed by atoms with Crippen molar-refractivity contribution in [1.82, 2.24) is 5.32 Å². The molecule has 1 rings (SSSR count). The molecule has 1 aromatic rings. The number of rotatable bonds is 7. The molecular formula is C10H16BrNOS2. The van der Waals surface area contributed by atoms with Crippen LogP contribution >= 0.6 is 39.0 Å². The van der Waals surface area contributed by atoms with Gasteiger partial charge in [-0.05, 0) is 47.0 Å². The molecule has 5 heteroatoms. The summed E-state index contributed by atoms with van der Waals surface area (Å²) in [6.45, 7) is 2.01. The van der Waals surface area contributed by atoms with Crippen molar-refractivity contribution in [2.24, 2.45) is 0 Å². The summed E-state index contributed by atoms with van der Waals surface area (Å²) in [6.07, 6.45) is 3.37. The highest BCUT2D eigenvalue weighted by Gasteiger charge is 2.05. The molecule has 0 aliphatic carbocycles. The average molecular weight is 310 g/mol. The number of ether oxygens (including phenoxy) is 1. The molecule has 0 aliphatic rings. The van der Waals surface area contributed by atoms with Crippen LogP contribution in [0.2, 0.25) is 0 Å². The van der Waals surface area contributed by atoms with Crippen molar-refractivity contribution in [3.05, 3.63) is 15.4 Å². The Kier molecular flexibility index (Phi) is 6.72. The molecule has 86 valence electrons. The van der Waals surface area contributed by atoms with Gasteiger partial charge in [0.05, 0.1) is 11.6 Å². The van der Waals surface area contributed by atoms with Gasteiger partial charge in [0, 0.05) is 11.4 Å². The SMILES string of the molecule is COc1sc(CNCCCSC)cc1Br. The molecule has 0 saturated heterocycles. The number of thioether (sulfide) groups is 1. The third-order valence-corrected chi connectivity index (χ3v) is 4.54. The summed E-state index contributed by atoms with van der Waals surface area (Å²) in [7, 11) is 1.70. The van der Waals surface area contributed by atoms with E-state index in [0.717, 1.165) is 22.6 Å². The highest BCUT2D eigenvalue weighted by atomic mass is 79.9. The lowest BCUT2D eigenvalue weighted by Gasteiger charge is -2.01. The fourth-order valence-corrected chi connectivity index (χ4v) is 3.27.